The summed E-state index contributed by atoms with van der Waals surface area (Å²) in [6.07, 6.45) is 0. The number of carbonyl (C=O) groups is 1. The number of halogens is 1. The zero-order valence-electron chi connectivity index (χ0n) is 9.87. The van der Waals surface area contributed by atoms with Crippen LogP contribution in [0, 0.1) is 0 Å². The van der Waals surface area contributed by atoms with Gasteiger partial charge in [0.15, 0.2) is 0 Å². The Bertz CT molecular complexity index is 595. The number of carboxylic acids is 1. The molecule has 8 heteroatoms. The number of morpholine rings is 1. The first-order valence-electron chi connectivity index (χ1n) is 5.53. The van der Waals surface area contributed by atoms with Crippen LogP contribution in [0.5, 0.6) is 0 Å². The molecule has 6 nitrogen and oxygen atoms in total. The molecule has 1 saturated heterocycles. The molecule has 0 bridgehead atoms. The SMILES string of the molecule is O=C(O)c1ccc(S(=O)(=O)N2CCOCC2)cc1Cl. The standard InChI is InChI=1S/C11H12ClNO5S/c12-10-7-8(1-2-9(10)11(14)15)19(16,17)13-3-5-18-6-4-13/h1-2,7H,3-6H2,(H,14,15). The van der Waals surface area contributed by atoms with Gasteiger partial charge >= 0.3 is 5.97 Å². The van der Waals surface area contributed by atoms with E-state index in [-0.39, 0.29) is 28.6 Å². The van der Waals surface area contributed by atoms with Gasteiger partial charge in [0, 0.05) is 13.1 Å². The second-order valence-corrected chi connectivity index (χ2v) is 6.31. The summed E-state index contributed by atoms with van der Waals surface area (Å²) in [4.78, 5) is 10.8. The molecule has 0 radical (unpaired) electrons. The molecule has 1 aliphatic heterocycles. The third kappa shape index (κ3) is 2.89. The van der Waals surface area contributed by atoms with Gasteiger partial charge in [0.05, 0.1) is 28.7 Å². The fourth-order valence-corrected chi connectivity index (χ4v) is 3.53. The van der Waals surface area contributed by atoms with Crippen molar-refractivity contribution in [2.24, 2.45) is 0 Å². The van der Waals surface area contributed by atoms with Gasteiger partial charge in [-0.3, -0.25) is 0 Å². The largest absolute Gasteiger partial charge is 0.478 e. The Hall–Kier alpha value is -1.15. The minimum absolute atomic E-state index is 0.00981. The minimum atomic E-state index is -3.65. The Morgan fingerprint density at radius 2 is 1.95 bits per heavy atom. The summed E-state index contributed by atoms with van der Waals surface area (Å²) in [6.45, 7) is 1.25. The predicted molar refractivity (Wildman–Crippen MR) is 68.0 cm³/mol. The van der Waals surface area contributed by atoms with Crippen LogP contribution in [-0.2, 0) is 14.8 Å². The van der Waals surface area contributed by atoms with Gasteiger partial charge in [-0.15, -0.1) is 0 Å². The lowest BCUT2D eigenvalue weighted by Gasteiger charge is -2.26. The summed E-state index contributed by atoms with van der Waals surface area (Å²) in [5.74, 6) is -1.19. The fraction of sp³-hybridized carbons (Fsp3) is 0.364. The maximum atomic E-state index is 12.3. The van der Waals surface area contributed by atoms with E-state index in [4.69, 9.17) is 21.4 Å². The molecule has 104 valence electrons. The number of ether oxygens (including phenoxy) is 1. The van der Waals surface area contributed by atoms with E-state index in [0.717, 1.165) is 6.07 Å². The van der Waals surface area contributed by atoms with Crippen molar-refractivity contribution in [1.82, 2.24) is 4.31 Å². The normalized spacial score (nSPS) is 17.3. The van der Waals surface area contributed by atoms with Crippen LogP contribution in [0.4, 0.5) is 0 Å². The lowest BCUT2D eigenvalue weighted by molar-refractivity contribution is 0.0697. The molecule has 2 rings (SSSR count). The van der Waals surface area contributed by atoms with E-state index in [0.29, 0.717) is 13.2 Å². The van der Waals surface area contributed by atoms with E-state index >= 15 is 0 Å². The molecule has 1 fully saturated rings. The van der Waals surface area contributed by atoms with Crippen LogP contribution in [0.15, 0.2) is 23.1 Å². The van der Waals surface area contributed by atoms with E-state index in [1.807, 2.05) is 0 Å². The summed E-state index contributed by atoms with van der Waals surface area (Å²) in [7, 11) is -3.65. The van der Waals surface area contributed by atoms with Crippen molar-refractivity contribution in [3.8, 4) is 0 Å². The molecule has 19 heavy (non-hydrogen) atoms. The average molecular weight is 306 g/mol. The van der Waals surface area contributed by atoms with Gasteiger partial charge in [0.2, 0.25) is 10.0 Å². The van der Waals surface area contributed by atoms with Crippen LogP contribution in [0.1, 0.15) is 10.4 Å². The van der Waals surface area contributed by atoms with Crippen LogP contribution >= 0.6 is 11.6 Å². The van der Waals surface area contributed by atoms with Crippen molar-refractivity contribution in [3.63, 3.8) is 0 Å². The molecule has 0 amide bonds. The third-order valence-corrected chi connectivity index (χ3v) is 4.99. The predicted octanol–water partition coefficient (Wildman–Crippen LogP) is 1.06. The molecule has 0 aromatic heterocycles. The molecule has 1 aromatic carbocycles. The van der Waals surface area contributed by atoms with Gasteiger partial charge in [-0.1, -0.05) is 11.6 Å². The van der Waals surface area contributed by atoms with Crippen molar-refractivity contribution >= 4 is 27.6 Å². The van der Waals surface area contributed by atoms with E-state index in [2.05, 4.69) is 0 Å². The van der Waals surface area contributed by atoms with Gasteiger partial charge in [0.25, 0.3) is 0 Å². The Balaban J connectivity index is 2.35. The number of nitrogens with zero attached hydrogens (tertiary/aromatic N) is 1. The minimum Gasteiger partial charge on any atom is -0.478 e. The summed E-state index contributed by atoms with van der Waals surface area (Å²) in [5.41, 5.74) is -0.123. The van der Waals surface area contributed by atoms with Crippen LogP contribution in [0.3, 0.4) is 0 Å². The fourth-order valence-electron chi connectivity index (χ4n) is 1.77. The van der Waals surface area contributed by atoms with Gasteiger partial charge in [-0.05, 0) is 18.2 Å². The van der Waals surface area contributed by atoms with Crippen molar-refractivity contribution in [3.05, 3.63) is 28.8 Å². The molecular formula is C11H12ClNO5S. The Morgan fingerprint density at radius 3 is 2.47 bits per heavy atom. The van der Waals surface area contributed by atoms with Crippen molar-refractivity contribution in [1.29, 1.82) is 0 Å². The number of sulfonamides is 1. The molecule has 0 unspecified atom stereocenters. The maximum Gasteiger partial charge on any atom is 0.337 e. The van der Waals surface area contributed by atoms with Gasteiger partial charge in [-0.25, -0.2) is 13.2 Å². The van der Waals surface area contributed by atoms with E-state index in [9.17, 15) is 13.2 Å². The molecular weight excluding hydrogens is 294 g/mol. The molecule has 1 N–H and O–H groups in total. The zero-order valence-corrected chi connectivity index (χ0v) is 11.4. The highest BCUT2D eigenvalue weighted by Gasteiger charge is 2.27. The lowest BCUT2D eigenvalue weighted by atomic mass is 10.2. The number of benzene rings is 1. The van der Waals surface area contributed by atoms with Gasteiger partial charge in [0.1, 0.15) is 0 Å². The molecule has 0 atom stereocenters. The third-order valence-electron chi connectivity index (χ3n) is 2.78. The van der Waals surface area contributed by atoms with Crippen molar-refractivity contribution in [2.75, 3.05) is 26.3 Å². The number of rotatable bonds is 3. The summed E-state index contributed by atoms with van der Waals surface area (Å²) >= 11 is 5.78. The monoisotopic (exact) mass is 305 g/mol. The second kappa shape index (κ2) is 5.46. The Labute approximate surface area is 115 Å². The number of carboxylic acid groups (broad SMARTS) is 1. The van der Waals surface area contributed by atoms with Crippen molar-refractivity contribution in [2.45, 2.75) is 4.90 Å². The molecule has 1 aliphatic rings. The number of hydrogen-bond acceptors (Lipinski definition) is 4. The van der Waals surface area contributed by atoms with E-state index in [1.54, 1.807) is 0 Å². The smallest absolute Gasteiger partial charge is 0.337 e. The van der Waals surface area contributed by atoms with Crippen molar-refractivity contribution < 1.29 is 23.1 Å². The molecule has 0 aliphatic carbocycles. The molecule has 0 spiro atoms. The first kappa shape index (κ1) is 14.3. The quantitative estimate of drug-likeness (QED) is 0.902. The molecule has 1 heterocycles. The van der Waals surface area contributed by atoms with Gasteiger partial charge in [-0.2, -0.15) is 4.31 Å². The maximum absolute atomic E-state index is 12.3. The van der Waals surface area contributed by atoms with E-state index < -0.39 is 16.0 Å². The van der Waals surface area contributed by atoms with Crippen LogP contribution in [0.2, 0.25) is 5.02 Å². The number of aromatic carboxylic acids is 1. The average Bonchev–Trinajstić information content (AvgIpc) is 2.39. The van der Waals surface area contributed by atoms with Gasteiger partial charge < -0.3 is 9.84 Å². The first-order valence-corrected chi connectivity index (χ1v) is 7.35. The van der Waals surface area contributed by atoms with Crippen LogP contribution < -0.4 is 0 Å². The summed E-state index contributed by atoms with van der Waals surface area (Å²) in [6, 6.07) is 3.61. The van der Waals surface area contributed by atoms with E-state index in [1.165, 1.54) is 16.4 Å². The highest BCUT2D eigenvalue weighted by atomic mass is 35.5. The first-order chi connectivity index (χ1) is 8.93. The zero-order chi connectivity index (χ0) is 14.0. The highest BCUT2D eigenvalue weighted by Crippen LogP contribution is 2.23. The molecule has 1 aromatic rings. The second-order valence-electron chi connectivity index (χ2n) is 3.96. The Morgan fingerprint density at radius 1 is 1.32 bits per heavy atom. The van der Waals surface area contributed by atoms with Crippen LogP contribution in [-0.4, -0.2) is 50.1 Å². The van der Waals surface area contributed by atoms with Crippen LogP contribution in [0.25, 0.3) is 0 Å². The topological polar surface area (TPSA) is 83.9 Å². The summed E-state index contributed by atoms with van der Waals surface area (Å²) < 4.78 is 31.0. The highest BCUT2D eigenvalue weighted by molar-refractivity contribution is 7.89. The molecule has 0 saturated carbocycles. The Kier molecular flexibility index (Phi) is 4.10. The summed E-state index contributed by atoms with van der Waals surface area (Å²) in [5, 5.41) is 8.75. The number of hydrogen-bond donors (Lipinski definition) is 1. The lowest BCUT2D eigenvalue weighted by Crippen LogP contribution is -2.40.